The average molecular weight is 361 g/mol. The number of carbonyl (C=O) groups is 2. The molecule has 0 aliphatic heterocycles. The summed E-state index contributed by atoms with van der Waals surface area (Å²) in [6.45, 7) is 4.41. The molecule has 26 heavy (non-hydrogen) atoms. The molecule has 0 saturated heterocycles. The molecule has 2 aromatic rings. The highest BCUT2D eigenvalue weighted by Gasteiger charge is 2.23. The summed E-state index contributed by atoms with van der Waals surface area (Å²) in [6.07, 6.45) is 1.32. The highest BCUT2D eigenvalue weighted by Crippen LogP contribution is 2.12. The van der Waals surface area contributed by atoms with Gasteiger partial charge in [-0.1, -0.05) is 26.0 Å². The third-order valence-corrected chi connectivity index (χ3v) is 4.14. The van der Waals surface area contributed by atoms with Crippen molar-refractivity contribution in [2.24, 2.45) is 5.92 Å². The predicted molar refractivity (Wildman–Crippen MR) is 99.8 cm³/mol. The van der Waals surface area contributed by atoms with Crippen LogP contribution in [0.1, 0.15) is 33.1 Å². The van der Waals surface area contributed by atoms with E-state index in [1.807, 2.05) is 26.0 Å². The minimum absolute atomic E-state index is 0.107. The number of benzene rings is 1. The van der Waals surface area contributed by atoms with E-state index in [1.165, 1.54) is 9.47 Å². The Morgan fingerprint density at radius 1 is 1.23 bits per heavy atom. The minimum atomic E-state index is -0.519. The van der Waals surface area contributed by atoms with Crippen molar-refractivity contribution >= 4 is 22.9 Å². The van der Waals surface area contributed by atoms with Crippen molar-refractivity contribution in [3.63, 3.8) is 0 Å². The first kappa shape index (κ1) is 19.8. The molecule has 1 aromatic carbocycles. The number of oxazole rings is 1. The second-order valence-corrected chi connectivity index (χ2v) is 7.07. The lowest BCUT2D eigenvalue weighted by molar-refractivity contribution is -0.134. The quantitative estimate of drug-likeness (QED) is 0.779. The SMILES string of the molecule is CC(C)CC(NC(=O)CCCn1c(=O)oc2ccccc21)C(=O)N(C)C. The molecule has 0 spiro atoms. The Morgan fingerprint density at radius 2 is 1.92 bits per heavy atom. The molecule has 1 aromatic heterocycles. The summed E-state index contributed by atoms with van der Waals surface area (Å²) >= 11 is 0. The molecule has 0 aliphatic rings. The smallest absolute Gasteiger partial charge is 0.408 e. The zero-order chi connectivity index (χ0) is 19.3. The summed E-state index contributed by atoms with van der Waals surface area (Å²) in [5.74, 6) is -0.428. The van der Waals surface area contributed by atoms with Gasteiger partial charge in [-0.25, -0.2) is 4.79 Å². The average Bonchev–Trinajstić information content (AvgIpc) is 2.89. The van der Waals surface area contributed by atoms with Gasteiger partial charge in [-0.2, -0.15) is 0 Å². The summed E-state index contributed by atoms with van der Waals surface area (Å²) < 4.78 is 6.71. The van der Waals surface area contributed by atoms with Crippen molar-refractivity contribution in [3.8, 4) is 0 Å². The molecular formula is C19H27N3O4. The number of aryl methyl sites for hydroxylation is 1. The van der Waals surface area contributed by atoms with Crippen LogP contribution in [0.2, 0.25) is 0 Å². The molecule has 7 heteroatoms. The Bertz CT molecular complexity index is 820. The van der Waals surface area contributed by atoms with Crippen molar-refractivity contribution in [2.75, 3.05) is 14.1 Å². The van der Waals surface area contributed by atoms with Crippen molar-refractivity contribution in [2.45, 2.75) is 45.7 Å². The van der Waals surface area contributed by atoms with Gasteiger partial charge in [0, 0.05) is 27.1 Å². The molecule has 0 saturated carbocycles. The van der Waals surface area contributed by atoms with E-state index in [-0.39, 0.29) is 18.2 Å². The van der Waals surface area contributed by atoms with Crippen LogP contribution in [-0.4, -0.2) is 41.4 Å². The highest BCUT2D eigenvalue weighted by molar-refractivity contribution is 5.87. The normalized spacial score (nSPS) is 12.3. The first-order chi connectivity index (χ1) is 12.3. The minimum Gasteiger partial charge on any atom is -0.408 e. The van der Waals surface area contributed by atoms with Gasteiger partial charge >= 0.3 is 5.76 Å². The van der Waals surface area contributed by atoms with Crippen LogP contribution in [0.4, 0.5) is 0 Å². The molecule has 0 fully saturated rings. The first-order valence-corrected chi connectivity index (χ1v) is 8.88. The van der Waals surface area contributed by atoms with Crippen molar-refractivity contribution in [1.82, 2.24) is 14.8 Å². The van der Waals surface area contributed by atoms with Crippen LogP contribution in [0.5, 0.6) is 0 Å². The molecular weight excluding hydrogens is 334 g/mol. The van der Waals surface area contributed by atoms with Crippen molar-refractivity contribution in [3.05, 3.63) is 34.8 Å². The predicted octanol–water partition coefficient (Wildman–Crippen LogP) is 1.99. The topological polar surface area (TPSA) is 84.5 Å². The number of fused-ring (bicyclic) bond motifs is 1. The number of rotatable bonds is 8. The lowest BCUT2D eigenvalue weighted by Gasteiger charge is -2.23. The van der Waals surface area contributed by atoms with Gasteiger partial charge in [-0.05, 0) is 30.9 Å². The maximum atomic E-state index is 12.2. The molecule has 0 bridgehead atoms. The van der Waals surface area contributed by atoms with Gasteiger partial charge in [0.1, 0.15) is 6.04 Å². The molecule has 2 rings (SSSR count). The lowest BCUT2D eigenvalue weighted by atomic mass is 10.0. The molecule has 2 amide bonds. The van der Waals surface area contributed by atoms with E-state index in [1.54, 1.807) is 26.2 Å². The molecule has 1 unspecified atom stereocenters. The molecule has 1 heterocycles. The fourth-order valence-electron chi connectivity index (χ4n) is 2.89. The Hall–Kier alpha value is -2.57. The van der Waals surface area contributed by atoms with Crippen LogP contribution in [-0.2, 0) is 16.1 Å². The fourth-order valence-corrected chi connectivity index (χ4v) is 2.89. The molecule has 1 N–H and O–H groups in total. The number of aromatic nitrogens is 1. The van der Waals surface area contributed by atoms with E-state index in [0.29, 0.717) is 30.9 Å². The van der Waals surface area contributed by atoms with Gasteiger partial charge in [-0.15, -0.1) is 0 Å². The number of para-hydroxylation sites is 2. The lowest BCUT2D eigenvalue weighted by Crippen LogP contribution is -2.46. The van der Waals surface area contributed by atoms with E-state index in [2.05, 4.69) is 5.32 Å². The summed E-state index contributed by atoms with van der Waals surface area (Å²) in [4.78, 5) is 37.9. The molecule has 7 nitrogen and oxygen atoms in total. The van der Waals surface area contributed by atoms with Crippen LogP contribution in [0, 0.1) is 5.92 Å². The molecule has 0 aliphatic carbocycles. The summed E-state index contributed by atoms with van der Waals surface area (Å²) in [5.41, 5.74) is 1.26. The molecule has 142 valence electrons. The Labute approximate surface area is 153 Å². The van der Waals surface area contributed by atoms with Gasteiger partial charge < -0.3 is 14.6 Å². The highest BCUT2D eigenvalue weighted by atomic mass is 16.4. The van der Waals surface area contributed by atoms with Crippen molar-refractivity contribution < 1.29 is 14.0 Å². The maximum Gasteiger partial charge on any atom is 0.419 e. The second kappa shape index (κ2) is 8.69. The number of nitrogens with zero attached hydrogens (tertiary/aromatic N) is 2. The standard InChI is InChI=1S/C19H27N3O4/c1-13(2)12-14(18(24)21(3)4)20-17(23)10-7-11-22-15-8-5-6-9-16(15)26-19(22)25/h5-6,8-9,13-14H,7,10-12H2,1-4H3,(H,20,23). The van der Waals surface area contributed by atoms with Crippen LogP contribution in [0.15, 0.2) is 33.5 Å². The van der Waals surface area contributed by atoms with E-state index in [0.717, 1.165) is 5.52 Å². The van der Waals surface area contributed by atoms with Crippen LogP contribution < -0.4 is 11.1 Å². The Balaban J connectivity index is 1.93. The number of hydrogen-bond donors (Lipinski definition) is 1. The van der Waals surface area contributed by atoms with Crippen LogP contribution in [0.25, 0.3) is 11.1 Å². The summed E-state index contributed by atoms with van der Waals surface area (Å²) in [6, 6.07) is 6.68. The number of likely N-dealkylation sites (N-methyl/N-ethyl adjacent to an activating group) is 1. The molecule has 1 atom stereocenters. The van der Waals surface area contributed by atoms with E-state index in [9.17, 15) is 14.4 Å². The van der Waals surface area contributed by atoms with Gasteiger partial charge in [0.05, 0.1) is 5.52 Å². The Kier molecular flexibility index (Phi) is 6.60. The second-order valence-electron chi connectivity index (χ2n) is 7.07. The summed E-state index contributed by atoms with van der Waals surface area (Å²) in [5, 5.41) is 2.82. The molecule has 0 radical (unpaired) electrons. The number of hydrogen-bond acceptors (Lipinski definition) is 4. The van der Waals surface area contributed by atoms with Gasteiger partial charge in [0.15, 0.2) is 5.58 Å². The maximum absolute atomic E-state index is 12.2. The number of nitrogens with one attached hydrogen (secondary N) is 1. The number of carbonyl (C=O) groups excluding carboxylic acids is 2. The van der Waals surface area contributed by atoms with Crippen molar-refractivity contribution in [1.29, 1.82) is 0 Å². The van der Waals surface area contributed by atoms with Gasteiger partial charge in [0.25, 0.3) is 0 Å². The van der Waals surface area contributed by atoms with Crippen LogP contribution >= 0.6 is 0 Å². The van der Waals surface area contributed by atoms with Gasteiger partial charge in [-0.3, -0.25) is 14.2 Å². The number of amides is 2. The zero-order valence-electron chi connectivity index (χ0n) is 15.8. The monoisotopic (exact) mass is 361 g/mol. The third-order valence-electron chi connectivity index (χ3n) is 4.14. The van der Waals surface area contributed by atoms with E-state index in [4.69, 9.17) is 4.42 Å². The first-order valence-electron chi connectivity index (χ1n) is 8.88. The fraction of sp³-hybridized carbons (Fsp3) is 0.526. The van der Waals surface area contributed by atoms with Gasteiger partial charge in [0.2, 0.25) is 11.8 Å². The van der Waals surface area contributed by atoms with E-state index >= 15 is 0 Å². The third kappa shape index (κ3) is 4.97. The largest absolute Gasteiger partial charge is 0.419 e. The van der Waals surface area contributed by atoms with Crippen LogP contribution in [0.3, 0.4) is 0 Å². The Morgan fingerprint density at radius 3 is 2.58 bits per heavy atom. The zero-order valence-corrected chi connectivity index (χ0v) is 15.8. The summed E-state index contributed by atoms with van der Waals surface area (Å²) in [7, 11) is 3.36. The van der Waals surface area contributed by atoms with E-state index < -0.39 is 11.8 Å².